The number of aliphatic hydroxyl groups excluding tert-OH is 1. The molecule has 12 heavy (non-hydrogen) atoms. The van der Waals surface area contributed by atoms with Gasteiger partial charge in [0, 0.05) is 0 Å². The third-order valence-electron chi connectivity index (χ3n) is 1.38. The van der Waals surface area contributed by atoms with Crippen molar-refractivity contribution in [1.29, 1.82) is 0 Å². The molecule has 1 aromatic rings. The van der Waals surface area contributed by atoms with Crippen molar-refractivity contribution in [3.8, 4) is 5.75 Å². The van der Waals surface area contributed by atoms with Crippen LogP contribution in [0.4, 0.5) is 0 Å². The number of ether oxygens (including phenoxy) is 1. The van der Waals surface area contributed by atoms with Crippen LogP contribution in [0.25, 0.3) is 0 Å². The summed E-state index contributed by atoms with van der Waals surface area (Å²) in [4.78, 5) is 0. The number of rotatable bonds is 3. The molecular weight excluding hydrogens is 152 g/mol. The third-order valence-corrected chi connectivity index (χ3v) is 1.38. The molecular formula is C10H13O2. The summed E-state index contributed by atoms with van der Waals surface area (Å²) in [6.07, 6.45) is 0.166. The van der Waals surface area contributed by atoms with Gasteiger partial charge in [0.2, 0.25) is 0 Å². The minimum absolute atomic E-state index is 0.166. The molecule has 0 aliphatic carbocycles. The van der Waals surface area contributed by atoms with Gasteiger partial charge >= 0.3 is 0 Å². The predicted octanol–water partition coefficient (Wildman–Crippen LogP) is 2.36. The Morgan fingerprint density at radius 3 is 2.75 bits per heavy atom. The fraction of sp³-hybridized carbons (Fsp3) is 0.300. The molecule has 65 valence electrons. The van der Waals surface area contributed by atoms with Crippen LogP contribution in [-0.4, -0.2) is 11.2 Å². The lowest BCUT2D eigenvalue weighted by Crippen LogP contribution is -2.05. The Hall–Kier alpha value is -1.02. The Labute approximate surface area is 72.8 Å². The second-order valence-corrected chi connectivity index (χ2v) is 2.87. The maximum Gasteiger partial charge on any atom is 0.120 e. The van der Waals surface area contributed by atoms with E-state index in [1.165, 1.54) is 0 Å². The highest BCUT2D eigenvalue weighted by atomic mass is 16.5. The van der Waals surface area contributed by atoms with Gasteiger partial charge in [-0.15, -0.1) is 0 Å². The Morgan fingerprint density at radius 1 is 1.42 bits per heavy atom. The van der Waals surface area contributed by atoms with Crippen LogP contribution in [0.15, 0.2) is 24.3 Å². The smallest absolute Gasteiger partial charge is 0.120 e. The van der Waals surface area contributed by atoms with Crippen molar-refractivity contribution in [2.45, 2.75) is 20.0 Å². The standard InChI is InChI=1S/C10H13O2/c1-8(2)12-10-5-3-4-9(6-10)7-11/h3-8,11H,1-2H3. The molecule has 0 heterocycles. The quantitative estimate of drug-likeness (QED) is 0.745. The van der Waals surface area contributed by atoms with E-state index in [0.717, 1.165) is 17.9 Å². The first-order chi connectivity index (χ1) is 5.72. The Kier molecular flexibility index (Phi) is 3.11. The highest BCUT2D eigenvalue weighted by Gasteiger charge is 1.97. The van der Waals surface area contributed by atoms with Crippen molar-refractivity contribution in [1.82, 2.24) is 0 Å². The molecule has 1 radical (unpaired) electrons. The number of hydrogen-bond donors (Lipinski definition) is 1. The van der Waals surface area contributed by atoms with Gasteiger partial charge in [-0.25, -0.2) is 0 Å². The van der Waals surface area contributed by atoms with Gasteiger partial charge in [0.25, 0.3) is 0 Å². The lowest BCUT2D eigenvalue weighted by molar-refractivity contribution is 0.242. The van der Waals surface area contributed by atoms with E-state index in [4.69, 9.17) is 9.84 Å². The van der Waals surface area contributed by atoms with E-state index in [-0.39, 0.29) is 6.10 Å². The van der Waals surface area contributed by atoms with Gasteiger partial charge < -0.3 is 9.84 Å². The van der Waals surface area contributed by atoms with Crippen LogP contribution in [0, 0.1) is 6.61 Å². The second kappa shape index (κ2) is 4.12. The van der Waals surface area contributed by atoms with Crippen molar-refractivity contribution in [3.05, 3.63) is 36.4 Å². The second-order valence-electron chi connectivity index (χ2n) is 2.87. The molecule has 1 rings (SSSR count). The van der Waals surface area contributed by atoms with E-state index in [1.54, 1.807) is 6.07 Å². The van der Waals surface area contributed by atoms with E-state index in [1.807, 2.05) is 32.0 Å². The average Bonchev–Trinajstić information content (AvgIpc) is 2.03. The van der Waals surface area contributed by atoms with Crippen molar-refractivity contribution in [3.63, 3.8) is 0 Å². The van der Waals surface area contributed by atoms with Crippen LogP contribution in [0.2, 0.25) is 0 Å². The lowest BCUT2D eigenvalue weighted by atomic mass is 10.2. The van der Waals surface area contributed by atoms with Crippen LogP contribution < -0.4 is 4.74 Å². The van der Waals surface area contributed by atoms with Crippen molar-refractivity contribution < 1.29 is 9.84 Å². The molecule has 0 spiro atoms. The fourth-order valence-corrected chi connectivity index (χ4v) is 0.940. The topological polar surface area (TPSA) is 29.5 Å². The maximum atomic E-state index is 8.72. The van der Waals surface area contributed by atoms with Crippen LogP contribution in [0.1, 0.15) is 19.4 Å². The first-order valence-corrected chi connectivity index (χ1v) is 3.96. The first kappa shape index (κ1) is 9.07. The highest BCUT2D eigenvalue weighted by molar-refractivity contribution is 5.31. The monoisotopic (exact) mass is 165 g/mol. The average molecular weight is 165 g/mol. The molecule has 2 nitrogen and oxygen atoms in total. The van der Waals surface area contributed by atoms with E-state index < -0.39 is 0 Å². The number of aliphatic hydroxyl groups is 1. The SMILES string of the molecule is CC(C)Oc1cccc([CH]O)c1. The molecule has 0 aromatic heterocycles. The maximum absolute atomic E-state index is 8.72. The molecule has 1 N–H and O–H groups in total. The van der Waals surface area contributed by atoms with Crippen LogP contribution in [0.3, 0.4) is 0 Å². The van der Waals surface area contributed by atoms with Gasteiger partial charge in [0.15, 0.2) is 0 Å². The zero-order valence-corrected chi connectivity index (χ0v) is 7.32. The molecule has 2 heteroatoms. The van der Waals surface area contributed by atoms with Crippen molar-refractivity contribution in [2.75, 3.05) is 0 Å². The molecule has 0 fully saturated rings. The molecule has 0 aliphatic heterocycles. The van der Waals surface area contributed by atoms with Gasteiger partial charge in [-0.3, -0.25) is 0 Å². The molecule has 0 aliphatic rings. The summed E-state index contributed by atoms with van der Waals surface area (Å²) in [6, 6.07) is 7.32. The Bertz CT molecular complexity index is 243. The first-order valence-electron chi connectivity index (χ1n) is 3.96. The molecule has 0 bridgehead atoms. The van der Waals surface area contributed by atoms with E-state index in [2.05, 4.69) is 0 Å². The van der Waals surface area contributed by atoms with Crippen LogP contribution in [-0.2, 0) is 0 Å². The molecule has 0 saturated heterocycles. The van der Waals surface area contributed by atoms with E-state index in [0.29, 0.717) is 0 Å². The molecule has 0 unspecified atom stereocenters. The highest BCUT2D eigenvalue weighted by Crippen LogP contribution is 2.14. The number of benzene rings is 1. The minimum atomic E-state index is 0.166. The summed E-state index contributed by atoms with van der Waals surface area (Å²) in [6.45, 7) is 5.00. The van der Waals surface area contributed by atoms with Crippen LogP contribution >= 0.6 is 0 Å². The van der Waals surface area contributed by atoms with Gasteiger partial charge in [0.1, 0.15) is 12.4 Å². The zero-order chi connectivity index (χ0) is 8.97. The minimum Gasteiger partial charge on any atom is -0.491 e. The Morgan fingerprint density at radius 2 is 2.17 bits per heavy atom. The fourth-order valence-electron chi connectivity index (χ4n) is 0.940. The third kappa shape index (κ3) is 2.55. The summed E-state index contributed by atoms with van der Waals surface area (Å²) >= 11 is 0. The predicted molar refractivity (Wildman–Crippen MR) is 47.5 cm³/mol. The molecule has 1 aromatic carbocycles. The van der Waals surface area contributed by atoms with E-state index >= 15 is 0 Å². The zero-order valence-electron chi connectivity index (χ0n) is 7.32. The molecule has 0 saturated carbocycles. The van der Waals surface area contributed by atoms with Gasteiger partial charge in [0.05, 0.1) is 6.10 Å². The lowest BCUT2D eigenvalue weighted by Gasteiger charge is -2.09. The van der Waals surface area contributed by atoms with Gasteiger partial charge in [-0.1, -0.05) is 12.1 Å². The Balaban J connectivity index is 2.72. The summed E-state index contributed by atoms with van der Waals surface area (Å²) in [7, 11) is 0. The summed E-state index contributed by atoms with van der Waals surface area (Å²) in [5.41, 5.74) is 0.758. The summed E-state index contributed by atoms with van der Waals surface area (Å²) in [5.74, 6) is 0.785. The summed E-state index contributed by atoms with van der Waals surface area (Å²) < 4.78 is 5.43. The molecule has 0 amide bonds. The van der Waals surface area contributed by atoms with Crippen LogP contribution in [0.5, 0.6) is 5.75 Å². The van der Waals surface area contributed by atoms with Gasteiger partial charge in [-0.2, -0.15) is 0 Å². The van der Waals surface area contributed by atoms with Crippen molar-refractivity contribution in [2.24, 2.45) is 0 Å². The number of hydrogen-bond acceptors (Lipinski definition) is 2. The largest absolute Gasteiger partial charge is 0.491 e. The normalized spacial score (nSPS) is 10.3. The van der Waals surface area contributed by atoms with E-state index in [9.17, 15) is 0 Å². The summed E-state index contributed by atoms with van der Waals surface area (Å²) in [5, 5.41) is 8.72. The van der Waals surface area contributed by atoms with Crippen molar-refractivity contribution >= 4 is 0 Å². The van der Waals surface area contributed by atoms with Gasteiger partial charge in [-0.05, 0) is 31.5 Å². The molecule has 0 atom stereocenters.